The molecule has 2 rings (SSSR count). The van der Waals surface area contributed by atoms with E-state index >= 15 is 0 Å². The van der Waals surface area contributed by atoms with Crippen LogP contribution < -0.4 is 16.4 Å². The molecule has 1 aromatic carbocycles. The van der Waals surface area contributed by atoms with Gasteiger partial charge in [-0.3, -0.25) is 0 Å². The van der Waals surface area contributed by atoms with Gasteiger partial charge in [-0.15, -0.1) is 0 Å². The van der Waals surface area contributed by atoms with Gasteiger partial charge in [0.05, 0.1) is 0 Å². The fraction of sp³-hybridized carbons (Fsp3) is 0.533. The highest BCUT2D eigenvalue weighted by atomic mass is 16.2. The Kier molecular flexibility index (Phi) is 5.21. The largest absolute Gasteiger partial charge is 0.335 e. The number of hydrogen-bond acceptors (Lipinski definition) is 2. The van der Waals surface area contributed by atoms with Crippen LogP contribution in [0.15, 0.2) is 24.3 Å². The van der Waals surface area contributed by atoms with Crippen molar-refractivity contribution < 1.29 is 4.79 Å². The van der Waals surface area contributed by atoms with E-state index in [0.29, 0.717) is 19.1 Å². The number of benzene rings is 1. The van der Waals surface area contributed by atoms with Gasteiger partial charge in [-0.2, -0.15) is 0 Å². The van der Waals surface area contributed by atoms with Crippen molar-refractivity contribution in [2.75, 3.05) is 0 Å². The van der Waals surface area contributed by atoms with Crippen molar-refractivity contribution in [3.63, 3.8) is 0 Å². The lowest BCUT2D eigenvalue weighted by atomic mass is 9.96. The minimum Gasteiger partial charge on any atom is -0.335 e. The number of carbonyl (C=O) groups excluding carboxylic acids is 1. The molecule has 1 aromatic rings. The lowest BCUT2D eigenvalue weighted by Crippen LogP contribution is -2.42. The molecule has 1 aliphatic carbocycles. The van der Waals surface area contributed by atoms with Crippen molar-refractivity contribution in [1.82, 2.24) is 10.6 Å². The van der Waals surface area contributed by atoms with Crippen molar-refractivity contribution in [2.45, 2.75) is 51.2 Å². The first-order chi connectivity index (χ1) is 9.29. The Bertz CT molecular complexity index is 414. The summed E-state index contributed by atoms with van der Waals surface area (Å²) >= 11 is 0. The van der Waals surface area contributed by atoms with Crippen molar-refractivity contribution in [3.8, 4) is 0 Å². The Labute approximate surface area is 114 Å². The predicted molar refractivity (Wildman–Crippen MR) is 76.6 cm³/mol. The molecule has 104 valence electrons. The average Bonchev–Trinajstić information content (AvgIpc) is 2.46. The summed E-state index contributed by atoms with van der Waals surface area (Å²) in [6.45, 7) is 1.04. The molecule has 4 heteroatoms. The maximum absolute atomic E-state index is 11.8. The Morgan fingerprint density at radius 1 is 1.16 bits per heavy atom. The van der Waals surface area contributed by atoms with E-state index in [1.165, 1.54) is 19.3 Å². The zero-order chi connectivity index (χ0) is 13.5. The number of hydrogen-bond donors (Lipinski definition) is 3. The summed E-state index contributed by atoms with van der Waals surface area (Å²) in [5.74, 6) is 0. The van der Waals surface area contributed by atoms with Gasteiger partial charge >= 0.3 is 6.03 Å². The van der Waals surface area contributed by atoms with Gasteiger partial charge in [0.25, 0.3) is 0 Å². The Balaban J connectivity index is 1.79. The number of carbonyl (C=O) groups is 1. The van der Waals surface area contributed by atoms with Crippen molar-refractivity contribution in [2.24, 2.45) is 5.73 Å². The van der Waals surface area contributed by atoms with Crippen LogP contribution in [0.25, 0.3) is 0 Å². The normalized spacial score (nSPS) is 16.1. The topological polar surface area (TPSA) is 67.1 Å². The fourth-order valence-corrected chi connectivity index (χ4v) is 2.59. The van der Waals surface area contributed by atoms with Gasteiger partial charge in [-0.05, 0) is 24.0 Å². The van der Waals surface area contributed by atoms with E-state index in [1.54, 1.807) is 0 Å². The number of urea groups is 1. The number of rotatable bonds is 4. The second kappa shape index (κ2) is 7.14. The first-order valence-electron chi connectivity index (χ1n) is 7.11. The molecular weight excluding hydrogens is 238 g/mol. The summed E-state index contributed by atoms with van der Waals surface area (Å²) < 4.78 is 0. The lowest BCUT2D eigenvalue weighted by molar-refractivity contribution is 0.232. The fourth-order valence-electron chi connectivity index (χ4n) is 2.59. The zero-order valence-electron chi connectivity index (χ0n) is 11.3. The minimum absolute atomic E-state index is 0.0706. The maximum Gasteiger partial charge on any atom is 0.315 e. The quantitative estimate of drug-likeness (QED) is 0.778. The average molecular weight is 261 g/mol. The van der Waals surface area contributed by atoms with Crippen LogP contribution in [0.1, 0.15) is 43.2 Å². The smallest absolute Gasteiger partial charge is 0.315 e. The number of nitrogens with two attached hydrogens (primary N) is 1. The zero-order valence-corrected chi connectivity index (χ0v) is 11.3. The van der Waals surface area contributed by atoms with Gasteiger partial charge in [0, 0.05) is 19.1 Å². The minimum atomic E-state index is -0.0706. The molecule has 4 nitrogen and oxygen atoms in total. The van der Waals surface area contributed by atoms with Crippen LogP contribution in [0.3, 0.4) is 0 Å². The summed E-state index contributed by atoms with van der Waals surface area (Å²) in [4.78, 5) is 11.8. The highest BCUT2D eigenvalue weighted by Gasteiger charge is 2.15. The second-order valence-electron chi connectivity index (χ2n) is 5.13. The Hall–Kier alpha value is -1.55. The Morgan fingerprint density at radius 2 is 1.84 bits per heavy atom. The van der Waals surface area contributed by atoms with Crippen LogP contribution in [-0.2, 0) is 13.1 Å². The predicted octanol–water partition coefficient (Wildman–Crippen LogP) is 2.28. The first kappa shape index (κ1) is 13.9. The molecule has 0 saturated heterocycles. The molecule has 0 atom stereocenters. The van der Waals surface area contributed by atoms with Gasteiger partial charge < -0.3 is 16.4 Å². The van der Waals surface area contributed by atoms with Gasteiger partial charge in [0.15, 0.2) is 0 Å². The first-order valence-corrected chi connectivity index (χ1v) is 7.11. The van der Waals surface area contributed by atoms with Gasteiger partial charge in [-0.25, -0.2) is 4.79 Å². The number of amides is 2. The van der Waals surface area contributed by atoms with E-state index in [2.05, 4.69) is 10.6 Å². The highest BCUT2D eigenvalue weighted by molar-refractivity contribution is 5.74. The van der Waals surface area contributed by atoms with Gasteiger partial charge in [0.1, 0.15) is 0 Å². The SMILES string of the molecule is NCc1ccccc1CNC(=O)NC1CCCCC1. The van der Waals surface area contributed by atoms with Crippen LogP contribution >= 0.6 is 0 Å². The van der Waals surface area contributed by atoms with Crippen LogP contribution in [0.2, 0.25) is 0 Å². The molecule has 4 N–H and O–H groups in total. The number of nitrogens with one attached hydrogen (secondary N) is 2. The molecule has 0 heterocycles. The Morgan fingerprint density at radius 3 is 2.53 bits per heavy atom. The third-order valence-corrected chi connectivity index (χ3v) is 3.72. The van der Waals surface area contributed by atoms with E-state index < -0.39 is 0 Å². The second-order valence-corrected chi connectivity index (χ2v) is 5.13. The van der Waals surface area contributed by atoms with Crippen molar-refractivity contribution in [3.05, 3.63) is 35.4 Å². The van der Waals surface area contributed by atoms with Crippen LogP contribution in [0, 0.1) is 0 Å². The summed E-state index contributed by atoms with van der Waals surface area (Å²) in [5.41, 5.74) is 7.85. The molecular formula is C15H23N3O. The summed E-state index contributed by atoms with van der Waals surface area (Å²) in [6.07, 6.45) is 5.95. The third kappa shape index (κ3) is 4.24. The van der Waals surface area contributed by atoms with E-state index in [1.807, 2.05) is 24.3 Å². The molecule has 0 unspecified atom stereocenters. The molecule has 2 amide bonds. The van der Waals surface area contributed by atoms with Crippen LogP contribution in [0.5, 0.6) is 0 Å². The molecule has 19 heavy (non-hydrogen) atoms. The molecule has 0 spiro atoms. The monoisotopic (exact) mass is 261 g/mol. The molecule has 1 saturated carbocycles. The molecule has 1 aliphatic rings. The summed E-state index contributed by atoms with van der Waals surface area (Å²) in [6, 6.07) is 8.21. The van der Waals surface area contributed by atoms with Crippen molar-refractivity contribution in [1.29, 1.82) is 0 Å². The van der Waals surface area contributed by atoms with Crippen LogP contribution in [0.4, 0.5) is 4.79 Å². The van der Waals surface area contributed by atoms with Crippen LogP contribution in [-0.4, -0.2) is 12.1 Å². The summed E-state index contributed by atoms with van der Waals surface area (Å²) in [5, 5.41) is 5.96. The van der Waals surface area contributed by atoms with E-state index in [0.717, 1.165) is 24.0 Å². The van der Waals surface area contributed by atoms with Gasteiger partial charge in [0.2, 0.25) is 0 Å². The third-order valence-electron chi connectivity index (χ3n) is 3.72. The molecule has 1 fully saturated rings. The highest BCUT2D eigenvalue weighted by Crippen LogP contribution is 2.17. The molecule has 0 aliphatic heterocycles. The van der Waals surface area contributed by atoms with Crippen molar-refractivity contribution >= 4 is 6.03 Å². The standard InChI is InChI=1S/C15H23N3O/c16-10-12-6-4-5-7-13(12)11-17-15(19)18-14-8-2-1-3-9-14/h4-7,14H,1-3,8-11,16H2,(H2,17,18,19). The van der Waals surface area contributed by atoms with E-state index in [-0.39, 0.29) is 6.03 Å². The van der Waals surface area contributed by atoms with E-state index in [4.69, 9.17) is 5.73 Å². The summed E-state index contributed by atoms with van der Waals surface area (Å²) in [7, 11) is 0. The molecule has 0 bridgehead atoms. The van der Waals surface area contributed by atoms with E-state index in [9.17, 15) is 4.79 Å². The van der Waals surface area contributed by atoms with Gasteiger partial charge in [-0.1, -0.05) is 43.5 Å². The lowest BCUT2D eigenvalue weighted by Gasteiger charge is -2.23. The molecule has 0 radical (unpaired) electrons. The maximum atomic E-state index is 11.8. The molecule has 0 aromatic heterocycles.